The van der Waals surface area contributed by atoms with E-state index in [1.165, 1.54) is 0 Å². The number of nitrogen functional groups attached to an aromatic ring is 2. The highest BCUT2D eigenvalue weighted by Crippen LogP contribution is 2.22. The fourth-order valence-electron chi connectivity index (χ4n) is 1.42. The minimum atomic E-state index is 0.486. The Morgan fingerprint density at radius 3 is 2.67 bits per heavy atom. The van der Waals surface area contributed by atoms with E-state index in [-0.39, 0.29) is 0 Å². The lowest BCUT2D eigenvalue weighted by Gasteiger charge is -2.06. The molecule has 0 spiro atoms. The van der Waals surface area contributed by atoms with Gasteiger partial charge in [0.1, 0.15) is 11.6 Å². The van der Waals surface area contributed by atoms with Gasteiger partial charge in [-0.05, 0) is 30.7 Å². The van der Waals surface area contributed by atoms with Crippen molar-refractivity contribution in [1.82, 2.24) is 9.97 Å². The van der Waals surface area contributed by atoms with E-state index in [4.69, 9.17) is 11.5 Å². The summed E-state index contributed by atoms with van der Waals surface area (Å²) in [5, 5.41) is 0. The van der Waals surface area contributed by atoms with E-state index >= 15 is 0 Å². The molecule has 0 bridgehead atoms. The predicted molar refractivity (Wildman–Crippen MR) is 61.0 cm³/mol. The normalized spacial score (nSPS) is 10.2. The van der Waals surface area contributed by atoms with Gasteiger partial charge in [0, 0.05) is 11.8 Å². The molecule has 2 aromatic rings. The lowest BCUT2D eigenvalue weighted by molar-refractivity contribution is 1.25. The Labute approximate surface area is 88.0 Å². The zero-order chi connectivity index (χ0) is 10.8. The maximum atomic E-state index is 5.63. The van der Waals surface area contributed by atoms with Crippen LogP contribution < -0.4 is 11.5 Å². The summed E-state index contributed by atoms with van der Waals surface area (Å²) in [6, 6.07) is 7.33. The smallest absolute Gasteiger partial charge is 0.124 e. The van der Waals surface area contributed by atoms with Gasteiger partial charge in [-0.25, -0.2) is 9.97 Å². The summed E-state index contributed by atoms with van der Waals surface area (Å²) in [4.78, 5) is 8.25. The van der Waals surface area contributed by atoms with Crippen LogP contribution in [0.4, 0.5) is 11.6 Å². The first-order chi connectivity index (χ1) is 7.16. The van der Waals surface area contributed by atoms with Crippen molar-refractivity contribution in [1.29, 1.82) is 0 Å². The molecule has 0 atom stereocenters. The van der Waals surface area contributed by atoms with Gasteiger partial charge in [-0.15, -0.1) is 0 Å². The van der Waals surface area contributed by atoms with E-state index in [1.54, 1.807) is 18.3 Å². The van der Waals surface area contributed by atoms with E-state index in [0.29, 0.717) is 11.6 Å². The van der Waals surface area contributed by atoms with Crippen LogP contribution in [-0.4, -0.2) is 9.97 Å². The fraction of sp³-hybridized carbons (Fsp3) is 0.0909. The molecule has 0 aliphatic carbocycles. The maximum Gasteiger partial charge on any atom is 0.124 e. The molecule has 0 unspecified atom stereocenters. The Morgan fingerprint density at radius 1 is 1.13 bits per heavy atom. The molecule has 4 heteroatoms. The van der Waals surface area contributed by atoms with Crippen LogP contribution in [-0.2, 0) is 0 Å². The predicted octanol–water partition coefficient (Wildman–Crippen LogP) is 1.62. The quantitative estimate of drug-likeness (QED) is 0.733. The SMILES string of the molecule is Cc1cnc(N)cc1-c1cccc(N)n1. The number of pyridine rings is 2. The molecule has 0 aromatic carbocycles. The second-order valence-electron chi connectivity index (χ2n) is 3.37. The Morgan fingerprint density at radius 2 is 1.93 bits per heavy atom. The summed E-state index contributed by atoms with van der Waals surface area (Å²) in [6.45, 7) is 1.96. The number of anilines is 2. The monoisotopic (exact) mass is 200 g/mol. The summed E-state index contributed by atoms with van der Waals surface area (Å²) >= 11 is 0. The average Bonchev–Trinajstić information content (AvgIpc) is 2.22. The number of nitrogens with two attached hydrogens (primary N) is 2. The highest BCUT2D eigenvalue weighted by atomic mass is 14.8. The molecule has 0 aliphatic rings. The molecule has 4 N–H and O–H groups in total. The lowest BCUT2D eigenvalue weighted by Crippen LogP contribution is -1.96. The molecule has 4 nitrogen and oxygen atoms in total. The molecule has 0 amide bonds. The van der Waals surface area contributed by atoms with Crippen molar-refractivity contribution >= 4 is 11.6 Å². The standard InChI is InChI=1S/C11H12N4/c1-7-6-14-11(13)5-8(7)9-3-2-4-10(12)15-9/h2-6H,1H3,(H2,12,15)(H2,13,14). The van der Waals surface area contributed by atoms with E-state index in [2.05, 4.69) is 9.97 Å². The number of hydrogen-bond acceptors (Lipinski definition) is 4. The van der Waals surface area contributed by atoms with Crippen LogP contribution >= 0.6 is 0 Å². The second kappa shape index (κ2) is 3.57. The number of rotatable bonds is 1. The first kappa shape index (κ1) is 9.45. The van der Waals surface area contributed by atoms with Crippen LogP contribution in [0.1, 0.15) is 5.56 Å². The van der Waals surface area contributed by atoms with Crippen molar-refractivity contribution in [2.75, 3.05) is 11.5 Å². The first-order valence-electron chi connectivity index (χ1n) is 4.62. The van der Waals surface area contributed by atoms with Gasteiger partial charge >= 0.3 is 0 Å². The van der Waals surface area contributed by atoms with Crippen LogP contribution in [0, 0.1) is 6.92 Å². The second-order valence-corrected chi connectivity index (χ2v) is 3.37. The number of nitrogens with zero attached hydrogens (tertiary/aromatic N) is 2. The van der Waals surface area contributed by atoms with Crippen LogP contribution in [0.3, 0.4) is 0 Å². The first-order valence-corrected chi connectivity index (χ1v) is 4.62. The largest absolute Gasteiger partial charge is 0.384 e. The number of aryl methyl sites for hydroxylation is 1. The minimum Gasteiger partial charge on any atom is -0.384 e. The van der Waals surface area contributed by atoms with Crippen molar-refractivity contribution in [3.63, 3.8) is 0 Å². The van der Waals surface area contributed by atoms with Crippen molar-refractivity contribution in [2.45, 2.75) is 6.92 Å². The summed E-state index contributed by atoms with van der Waals surface area (Å²) in [5.74, 6) is 0.988. The molecule has 0 aliphatic heterocycles. The Balaban J connectivity index is 2.58. The highest BCUT2D eigenvalue weighted by Gasteiger charge is 2.04. The fourth-order valence-corrected chi connectivity index (χ4v) is 1.42. The van der Waals surface area contributed by atoms with Gasteiger partial charge in [0.05, 0.1) is 5.69 Å². The number of aromatic nitrogens is 2. The number of hydrogen-bond donors (Lipinski definition) is 2. The van der Waals surface area contributed by atoms with E-state index in [0.717, 1.165) is 16.8 Å². The molecule has 0 saturated heterocycles. The van der Waals surface area contributed by atoms with E-state index in [1.807, 2.05) is 19.1 Å². The van der Waals surface area contributed by atoms with Crippen molar-refractivity contribution in [2.24, 2.45) is 0 Å². The summed E-state index contributed by atoms with van der Waals surface area (Å²) in [5.41, 5.74) is 14.1. The third kappa shape index (κ3) is 1.88. The Bertz CT molecular complexity index is 494. The highest BCUT2D eigenvalue weighted by molar-refractivity contribution is 5.66. The van der Waals surface area contributed by atoms with Crippen LogP contribution in [0.5, 0.6) is 0 Å². The third-order valence-electron chi connectivity index (χ3n) is 2.17. The van der Waals surface area contributed by atoms with Gasteiger partial charge in [0.2, 0.25) is 0 Å². The Kier molecular flexibility index (Phi) is 2.25. The van der Waals surface area contributed by atoms with Crippen molar-refractivity contribution in [3.05, 3.63) is 36.0 Å². The lowest BCUT2D eigenvalue weighted by atomic mass is 10.1. The zero-order valence-electron chi connectivity index (χ0n) is 8.44. The van der Waals surface area contributed by atoms with Gasteiger partial charge < -0.3 is 11.5 Å². The topological polar surface area (TPSA) is 77.8 Å². The molecule has 76 valence electrons. The molecule has 2 rings (SSSR count). The van der Waals surface area contributed by atoms with Gasteiger partial charge in [-0.2, -0.15) is 0 Å². The van der Waals surface area contributed by atoms with Gasteiger partial charge in [0.15, 0.2) is 0 Å². The zero-order valence-corrected chi connectivity index (χ0v) is 8.44. The van der Waals surface area contributed by atoms with Gasteiger partial charge in [-0.1, -0.05) is 6.07 Å². The van der Waals surface area contributed by atoms with E-state index in [9.17, 15) is 0 Å². The average molecular weight is 200 g/mol. The molecule has 0 fully saturated rings. The molecule has 2 aromatic heterocycles. The molecule has 15 heavy (non-hydrogen) atoms. The van der Waals surface area contributed by atoms with Crippen LogP contribution in [0.25, 0.3) is 11.3 Å². The third-order valence-corrected chi connectivity index (χ3v) is 2.17. The van der Waals surface area contributed by atoms with Crippen molar-refractivity contribution < 1.29 is 0 Å². The summed E-state index contributed by atoms with van der Waals surface area (Å²) in [6.07, 6.45) is 1.73. The van der Waals surface area contributed by atoms with Crippen LogP contribution in [0.15, 0.2) is 30.5 Å². The van der Waals surface area contributed by atoms with Gasteiger partial charge in [-0.3, -0.25) is 0 Å². The molecule has 2 heterocycles. The molecule has 0 saturated carbocycles. The molecule has 0 radical (unpaired) electrons. The Hall–Kier alpha value is -2.10. The maximum absolute atomic E-state index is 5.63. The molecular formula is C11H12N4. The van der Waals surface area contributed by atoms with Crippen molar-refractivity contribution in [3.8, 4) is 11.3 Å². The molecular weight excluding hydrogens is 188 g/mol. The van der Waals surface area contributed by atoms with E-state index < -0.39 is 0 Å². The summed E-state index contributed by atoms with van der Waals surface area (Å²) in [7, 11) is 0. The van der Waals surface area contributed by atoms with Crippen LogP contribution in [0.2, 0.25) is 0 Å². The minimum absolute atomic E-state index is 0.486. The van der Waals surface area contributed by atoms with Gasteiger partial charge in [0.25, 0.3) is 0 Å². The summed E-state index contributed by atoms with van der Waals surface area (Å²) < 4.78 is 0.